The van der Waals surface area contributed by atoms with Crippen LogP contribution >= 0.6 is 23.2 Å². The van der Waals surface area contributed by atoms with Gasteiger partial charge in [-0.25, -0.2) is 0 Å². The predicted molar refractivity (Wildman–Crippen MR) is 58.5 cm³/mol. The Morgan fingerprint density at radius 1 is 1.15 bits per heavy atom. The number of halogens is 2. The van der Waals surface area contributed by atoms with Crippen LogP contribution in [-0.4, -0.2) is 11.7 Å². The molecule has 0 saturated carbocycles. The van der Waals surface area contributed by atoms with Crippen LogP contribution in [0.15, 0.2) is 24.3 Å². The van der Waals surface area contributed by atoms with Crippen LogP contribution in [-0.2, 0) is 0 Å². The van der Waals surface area contributed by atoms with Crippen molar-refractivity contribution in [3.63, 3.8) is 0 Å². The van der Waals surface area contributed by atoms with Crippen molar-refractivity contribution in [1.82, 2.24) is 0 Å². The van der Waals surface area contributed by atoms with Crippen LogP contribution in [0.2, 0.25) is 10.0 Å². The van der Waals surface area contributed by atoms with E-state index in [2.05, 4.69) is 6.92 Å². The van der Waals surface area contributed by atoms with Gasteiger partial charge >= 0.3 is 0 Å². The highest BCUT2D eigenvalue weighted by atomic mass is 35.5. The molecule has 0 saturated heterocycles. The van der Waals surface area contributed by atoms with E-state index in [1.807, 2.05) is 12.1 Å². The molecule has 0 aliphatic rings. The van der Waals surface area contributed by atoms with E-state index in [0.29, 0.717) is 16.7 Å². The van der Waals surface area contributed by atoms with Gasteiger partial charge < -0.3 is 5.11 Å². The summed E-state index contributed by atoms with van der Waals surface area (Å²) in [5.41, 5.74) is 0. The number of benzene rings is 1. The maximum Gasteiger partial charge on any atom is 0.0592 e. The Labute approximate surface area is 89.3 Å². The molecule has 0 atom stereocenters. The molecule has 0 spiro atoms. The van der Waals surface area contributed by atoms with Crippen molar-refractivity contribution in [2.24, 2.45) is 0 Å². The SMILES string of the molecule is CCCCO.Clc1ccccc1Cl. The van der Waals surface area contributed by atoms with Gasteiger partial charge in [0.1, 0.15) is 0 Å². The minimum Gasteiger partial charge on any atom is -0.396 e. The molecule has 0 amide bonds. The molecule has 0 unspecified atom stereocenters. The van der Waals surface area contributed by atoms with E-state index in [-0.39, 0.29) is 0 Å². The van der Waals surface area contributed by atoms with Crippen LogP contribution in [0.1, 0.15) is 19.8 Å². The lowest BCUT2D eigenvalue weighted by Crippen LogP contribution is -1.75. The fourth-order valence-electron chi connectivity index (χ4n) is 0.597. The molecule has 1 N–H and O–H groups in total. The van der Waals surface area contributed by atoms with Crippen LogP contribution in [0, 0.1) is 0 Å². The highest BCUT2D eigenvalue weighted by Crippen LogP contribution is 2.19. The lowest BCUT2D eigenvalue weighted by molar-refractivity contribution is 0.287. The third kappa shape index (κ3) is 6.88. The summed E-state index contributed by atoms with van der Waals surface area (Å²) in [4.78, 5) is 0. The fourth-order valence-corrected chi connectivity index (χ4v) is 0.869. The fraction of sp³-hybridized carbons (Fsp3) is 0.400. The molecular formula is C10H14Cl2O. The Morgan fingerprint density at radius 2 is 1.62 bits per heavy atom. The molecule has 74 valence electrons. The summed E-state index contributed by atoms with van der Waals surface area (Å²) >= 11 is 11.2. The quantitative estimate of drug-likeness (QED) is 0.805. The molecule has 0 aromatic heterocycles. The van der Waals surface area contributed by atoms with E-state index in [9.17, 15) is 0 Å². The Morgan fingerprint density at radius 3 is 1.77 bits per heavy atom. The zero-order valence-corrected chi connectivity index (χ0v) is 9.15. The molecule has 13 heavy (non-hydrogen) atoms. The monoisotopic (exact) mass is 220 g/mol. The van der Waals surface area contributed by atoms with E-state index in [0.717, 1.165) is 12.8 Å². The van der Waals surface area contributed by atoms with Crippen molar-refractivity contribution in [3.8, 4) is 0 Å². The summed E-state index contributed by atoms with van der Waals surface area (Å²) in [7, 11) is 0. The number of unbranched alkanes of at least 4 members (excludes halogenated alkanes) is 1. The number of aliphatic hydroxyl groups is 1. The van der Waals surface area contributed by atoms with E-state index >= 15 is 0 Å². The molecule has 0 aliphatic carbocycles. The molecule has 1 aromatic rings. The summed E-state index contributed by atoms with van der Waals surface area (Å²) in [6, 6.07) is 7.19. The molecule has 1 nitrogen and oxygen atoms in total. The van der Waals surface area contributed by atoms with Crippen LogP contribution in [0.3, 0.4) is 0 Å². The zero-order chi connectivity index (χ0) is 10.1. The first-order valence-corrected chi connectivity index (χ1v) is 4.98. The maximum absolute atomic E-state index is 8.07. The smallest absolute Gasteiger partial charge is 0.0592 e. The Bertz CT molecular complexity index is 203. The Hall–Kier alpha value is -0.240. The number of hydrogen-bond acceptors (Lipinski definition) is 1. The van der Waals surface area contributed by atoms with Crippen molar-refractivity contribution in [2.45, 2.75) is 19.8 Å². The van der Waals surface area contributed by atoms with Crippen molar-refractivity contribution >= 4 is 23.2 Å². The van der Waals surface area contributed by atoms with Gasteiger partial charge in [-0.05, 0) is 18.6 Å². The van der Waals surface area contributed by atoms with Gasteiger partial charge in [-0.3, -0.25) is 0 Å². The second-order valence-electron chi connectivity index (χ2n) is 2.49. The maximum atomic E-state index is 8.07. The van der Waals surface area contributed by atoms with Crippen molar-refractivity contribution in [3.05, 3.63) is 34.3 Å². The molecule has 0 bridgehead atoms. The average molecular weight is 221 g/mol. The normalized spacial score (nSPS) is 8.92. The lowest BCUT2D eigenvalue weighted by Gasteiger charge is -1.88. The summed E-state index contributed by atoms with van der Waals surface area (Å²) in [6.07, 6.45) is 2.04. The summed E-state index contributed by atoms with van der Waals surface area (Å²) in [6.45, 7) is 2.40. The highest BCUT2D eigenvalue weighted by molar-refractivity contribution is 6.41. The lowest BCUT2D eigenvalue weighted by atomic mass is 10.4. The van der Waals surface area contributed by atoms with E-state index in [1.54, 1.807) is 12.1 Å². The molecule has 0 radical (unpaired) electrons. The molecule has 0 aliphatic heterocycles. The van der Waals surface area contributed by atoms with Crippen molar-refractivity contribution in [2.75, 3.05) is 6.61 Å². The van der Waals surface area contributed by atoms with Crippen LogP contribution in [0.5, 0.6) is 0 Å². The van der Waals surface area contributed by atoms with E-state index in [1.165, 1.54) is 0 Å². The van der Waals surface area contributed by atoms with Crippen LogP contribution < -0.4 is 0 Å². The predicted octanol–water partition coefficient (Wildman–Crippen LogP) is 3.77. The van der Waals surface area contributed by atoms with Gasteiger partial charge in [-0.1, -0.05) is 48.7 Å². The molecule has 1 rings (SSSR count). The van der Waals surface area contributed by atoms with Gasteiger partial charge in [-0.15, -0.1) is 0 Å². The van der Waals surface area contributed by atoms with Gasteiger partial charge in [0.2, 0.25) is 0 Å². The van der Waals surface area contributed by atoms with Crippen LogP contribution in [0.25, 0.3) is 0 Å². The summed E-state index contributed by atoms with van der Waals surface area (Å²) < 4.78 is 0. The van der Waals surface area contributed by atoms with Gasteiger partial charge in [0.15, 0.2) is 0 Å². The number of hydrogen-bond donors (Lipinski definition) is 1. The minimum absolute atomic E-state index is 0.344. The molecule has 0 fully saturated rings. The molecule has 1 aromatic carbocycles. The zero-order valence-electron chi connectivity index (χ0n) is 7.63. The van der Waals surface area contributed by atoms with Gasteiger partial charge in [0, 0.05) is 6.61 Å². The Kier molecular flexibility index (Phi) is 8.21. The largest absolute Gasteiger partial charge is 0.396 e. The highest BCUT2D eigenvalue weighted by Gasteiger charge is 1.89. The van der Waals surface area contributed by atoms with Crippen LogP contribution in [0.4, 0.5) is 0 Å². The number of aliphatic hydroxyl groups excluding tert-OH is 1. The third-order valence-electron chi connectivity index (χ3n) is 1.34. The van der Waals surface area contributed by atoms with E-state index in [4.69, 9.17) is 28.3 Å². The minimum atomic E-state index is 0.344. The molecule has 3 heteroatoms. The number of rotatable bonds is 2. The van der Waals surface area contributed by atoms with Crippen molar-refractivity contribution < 1.29 is 5.11 Å². The second-order valence-corrected chi connectivity index (χ2v) is 3.31. The second kappa shape index (κ2) is 8.36. The van der Waals surface area contributed by atoms with E-state index < -0.39 is 0 Å². The van der Waals surface area contributed by atoms with Gasteiger partial charge in [0.05, 0.1) is 10.0 Å². The topological polar surface area (TPSA) is 20.2 Å². The molecular weight excluding hydrogens is 207 g/mol. The molecule has 0 heterocycles. The standard InChI is InChI=1S/C6H4Cl2.C4H10O/c7-5-3-1-2-4-6(5)8;1-2-3-4-5/h1-4H;5H,2-4H2,1H3. The average Bonchev–Trinajstić information content (AvgIpc) is 2.13. The van der Waals surface area contributed by atoms with Gasteiger partial charge in [-0.2, -0.15) is 0 Å². The summed E-state index contributed by atoms with van der Waals surface area (Å²) in [5.74, 6) is 0. The Balaban J connectivity index is 0.000000252. The first-order chi connectivity index (χ1) is 6.22. The van der Waals surface area contributed by atoms with Gasteiger partial charge in [0.25, 0.3) is 0 Å². The first-order valence-electron chi connectivity index (χ1n) is 4.23. The first kappa shape index (κ1) is 12.8. The van der Waals surface area contributed by atoms with Crippen molar-refractivity contribution in [1.29, 1.82) is 0 Å². The summed E-state index contributed by atoms with van der Waals surface area (Å²) in [5, 5.41) is 9.28. The third-order valence-corrected chi connectivity index (χ3v) is 2.09.